The first-order valence-electron chi connectivity index (χ1n) is 11.1. The quantitative estimate of drug-likeness (QED) is 0.229. The van der Waals surface area contributed by atoms with Crippen molar-refractivity contribution < 1.29 is 9.47 Å². The molecular formula is C24H39N5O2. The number of hydrogen-bond acceptors (Lipinski definition) is 7. The van der Waals surface area contributed by atoms with E-state index in [-0.39, 0.29) is 0 Å². The minimum absolute atomic E-state index is 0.880. The van der Waals surface area contributed by atoms with E-state index in [1.807, 2.05) is 24.3 Å². The molecule has 0 aliphatic heterocycles. The van der Waals surface area contributed by atoms with E-state index in [9.17, 15) is 0 Å². The minimum atomic E-state index is 0.880. The van der Waals surface area contributed by atoms with Crippen LogP contribution in [0.15, 0.2) is 48.5 Å². The fraction of sp³-hybridized carbons (Fsp3) is 0.500. The Morgan fingerprint density at radius 2 is 0.742 bits per heavy atom. The van der Waals surface area contributed by atoms with Gasteiger partial charge in [0, 0.05) is 65.4 Å². The van der Waals surface area contributed by atoms with Crippen LogP contribution < -0.4 is 36.1 Å². The van der Waals surface area contributed by atoms with E-state index in [0.29, 0.717) is 0 Å². The Balaban J connectivity index is 1.30. The zero-order chi connectivity index (χ0) is 22.0. The lowest BCUT2D eigenvalue weighted by Gasteiger charge is -2.09. The lowest BCUT2D eigenvalue weighted by molar-refractivity contribution is 0.414. The van der Waals surface area contributed by atoms with Crippen molar-refractivity contribution in [3.63, 3.8) is 0 Å². The summed E-state index contributed by atoms with van der Waals surface area (Å²) in [6.45, 7) is 9.53. The number of methoxy groups -OCH3 is 2. The molecule has 0 fully saturated rings. The molecule has 172 valence electrons. The highest BCUT2D eigenvalue weighted by Gasteiger charge is 1.96. The number of hydrogen-bond donors (Lipinski definition) is 5. The SMILES string of the molecule is COc1ccc(CNCCNCCNCCNCCNCc2ccc(OC)cc2)cc1. The normalized spacial score (nSPS) is 10.9. The topological polar surface area (TPSA) is 78.6 Å². The average Bonchev–Trinajstić information content (AvgIpc) is 2.82. The first-order chi connectivity index (χ1) is 15.3. The van der Waals surface area contributed by atoms with Crippen LogP contribution in [0.2, 0.25) is 0 Å². The highest BCUT2D eigenvalue weighted by molar-refractivity contribution is 5.27. The van der Waals surface area contributed by atoms with Crippen LogP contribution in [-0.2, 0) is 13.1 Å². The summed E-state index contributed by atoms with van der Waals surface area (Å²) in [6, 6.07) is 16.3. The maximum Gasteiger partial charge on any atom is 0.118 e. The van der Waals surface area contributed by atoms with Gasteiger partial charge >= 0.3 is 0 Å². The Morgan fingerprint density at radius 3 is 1.03 bits per heavy atom. The second-order valence-corrected chi connectivity index (χ2v) is 7.30. The third-order valence-corrected chi connectivity index (χ3v) is 4.89. The second kappa shape index (κ2) is 16.5. The van der Waals surface area contributed by atoms with Crippen molar-refractivity contribution in [2.45, 2.75) is 13.1 Å². The number of benzene rings is 2. The first kappa shape index (κ1) is 25.1. The summed E-state index contributed by atoms with van der Waals surface area (Å²) in [5.74, 6) is 1.80. The molecule has 31 heavy (non-hydrogen) atoms. The van der Waals surface area contributed by atoms with E-state index < -0.39 is 0 Å². The Bertz CT molecular complexity index is 620. The van der Waals surface area contributed by atoms with E-state index in [2.05, 4.69) is 50.8 Å². The molecule has 0 spiro atoms. The van der Waals surface area contributed by atoms with Crippen LogP contribution in [0.25, 0.3) is 0 Å². The van der Waals surface area contributed by atoms with Crippen molar-refractivity contribution >= 4 is 0 Å². The summed E-state index contributed by atoms with van der Waals surface area (Å²) >= 11 is 0. The van der Waals surface area contributed by atoms with Crippen LogP contribution in [0.5, 0.6) is 11.5 Å². The van der Waals surface area contributed by atoms with Gasteiger partial charge in [0.15, 0.2) is 0 Å². The Kier molecular flexibility index (Phi) is 13.4. The molecular weight excluding hydrogens is 390 g/mol. The van der Waals surface area contributed by atoms with Crippen LogP contribution in [0, 0.1) is 0 Å². The van der Waals surface area contributed by atoms with Crippen LogP contribution >= 0.6 is 0 Å². The summed E-state index contributed by atoms with van der Waals surface area (Å²) in [5.41, 5.74) is 2.54. The molecule has 7 heteroatoms. The van der Waals surface area contributed by atoms with Crippen molar-refractivity contribution in [3.05, 3.63) is 59.7 Å². The number of ether oxygens (including phenoxy) is 2. The minimum Gasteiger partial charge on any atom is -0.497 e. The first-order valence-corrected chi connectivity index (χ1v) is 11.1. The molecule has 0 saturated carbocycles. The van der Waals surface area contributed by atoms with E-state index in [4.69, 9.17) is 9.47 Å². The summed E-state index contributed by atoms with van der Waals surface area (Å²) in [4.78, 5) is 0. The van der Waals surface area contributed by atoms with Gasteiger partial charge in [-0.15, -0.1) is 0 Å². The van der Waals surface area contributed by atoms with Crippen molar-refractivity contribution in [3.8, 4) is 11.5 Å². The van der Waals surface area contributed by atoms with E-state index in [1.165, 1.54) is 11.1 Å². The molecule has 0 aromatic heterocycles. The van der Waals surface area contributed by atoms with Gasteiger partial charge in [0.1, 0.15) is 11.5 Å². The zero-order valence-corrected chi connectivity index (χ0v) is 19.0. The average molecular weight is 430 g/mol. The van der Waals surface area contributed by atoms with Gasteiger partial charge in [0.05, 0.1) is 14.2 Å². The summed E-state index contributed by atoms with van der Waals surface area (Å²) in [5, 5.41) is 17.2. The van der Waals surface area contributed by atoms with Gasteiger partial charge in [-0.1, -0.05) is 24.3 Å². The van der Waals surface area contributed by atoms with Gasteiger partial charge in [-0.25, -0.2) is 0 Å². The summed E-state index contributed by atoms with van der Waals surface area (Å²) in [7, 11) is 3.38. The van der Waals surface area contributed by atoms with Crippen LogP contribution in [0.4, 0.5) is 0 Å². The van der Waals surface area contributed by atoms with Gasteiger partial charge in [-0.2, -0.15) is 0 Å². The molecule has 0 atom stereocenters. The fourth-order valence-electron chi connectivity index (χ4n) is 3.03. The largest absolute Gasteiger partial charge is 0.497 e. The second-order valence-electron chi connectivity index (χ2n) is 7.30. The van der Waals surface area contributed by atoms with Crippen LogP contribution in [0.1, 0.15) is 11.1 Å². The van der Waals surface area contributed by atoms with Crippen molar-refractivity contribution in [1.82, 2.24) is 26.6 Å². The number of nitrogens with one attached hydrogen (secondary N) is 5. The van der Waals surface area contributed by atoms with E-state index in [0.717, 1.165) is 76.9 Å². The molecule has 2 rings (SSSR count). The summed E-state index contributed by atoms with van der Waals surface area (Å²) in [6.07, 6.45) is 0. The fourth-order valence-corrected chi connectivity index (χ4v) is 3.03. The standard InChI is InChI=1S/C24H39N5O2/c1-30-23-7-3-21(4-8-23)19-28-17-15-26-13-11-25-12-14-27-16-18-29-20-22-5-9-24(31-2)10-6-22/h3-10,25-29H,11-20H2,1-2H3. The summed E-state index contributed by atoms with van der Waals surface area (Å²) < 4.78 is 10.3. The smallest absolute Gasteiger partial charge is 0.118 e. The van der Waals surface area contributed by atoms with Crippen molar-refractivity contribution in [2.24, 2.45) is 0 Å². The van der Waals surface area contributed by atoms with Gasteiger partial charge < -0.3 is 36.1 Å². The molecule has 5 N–H and O–H groups in total. The molecule has 2 aromatic carbocycles. The monoisotopic (exact) mass is 429 g/mol. The Labute approximate surface area is 187 Å². The lowest BCUT2D eigenvalue weighted by atomic mass is 10.2. The molecule has 0 unspecified atom stereocenters. The van der Waals surface area contributed by atoms with E-state index in [1.54, 1.807) is 14.2 Å². The molecule has 0 aliphatic carbocycles. The van der Waals surface area contributed by atoms with Gasteiger partial charge in [-0.05, 0) is 35.4 Å². The number of rotatable bonds is 18. The molecule has 0 amide bonds. The zero-order valence-electron chi connectivity index (χ0n) is 19.0. The maximum atomic E-state index is 5.17. The molecule has 0 bridgehead atoms. The third kappa shape index (κ3) is 11.7. The third-order valence-electron chi connectivity index (χ3n) is 4.89. The predicted molar refractivity (Wildman–Crippen MR) is 128 cm³/mol. The molecule has 2 aromatic rings. The highest BCUT2D eigenvalue weighted by atomic mass is 16.5. The molecule has 0 saturated heterocycles. The Hall–Kier alpha value is -2.16. The molecule has 7 nitrogen and oxygen atoms in total. The Morgan fingerprint density at radius 1 is 0.452 bits per heavy atom. The highest BCUT2D eigenvalue weighted by Crippen LogP contribution is 2.11. The maximum absolute atomic E-state index is 5.17. The predicted octanol–water partition coefficient (Wildman–Crippen LogP) is 1.35. The van der Waals surface area contributed by atoms with Crippen molar-refractivity contribution in [2.75, 3.05) is 66.6 Å². The van der Waals surface area contributed by atoms with Gasteiger partial charge in [0.25, 0.3) is 0 Å². The van der Waals surface area contributed by atoms with E-state index >= 15 is 0 Å². The molecule has 0 radical (unpaired) electrons. The lowest BCUT2D eigenvalue weighted by Crippen LogP contribution is -2.36. The van der Waals surface area contributed by atoms with Crippen LogP contribution in [-0.4, -0.2) is 66.6 Å². The van der Waals surface area contributed by atoms with Gasteiger partial charge in [0.2, 0.25) is 0 Å². The van der Waals surface area contributed by atoms with Crippen molar-refractivity contribution in [1.29, 1.82) is 0 Å². The molecule has 0 aliphatic rings. The van der Waals surface area contributed by atoms with Crippen LogP contribution in [0.3, 0.4) is 0 Å². The van der Waals surface area contributed by atoms with Gasteiger partial charge in [-0.3, -0.25) is 0 Å². The molecule has 0 heterocycles.